The Morgan fingerprint density at radius 1 is 1.21 bits per heavy atom. The van der Waals surface area contributed by atoms with Crippen molar-refractivity contribution in [3.05, 3.63) is 51.5 Å². The number of likely N-dealkylation sites (N-methyl/N-ethyl adjacent to an activating group) is 1. The van der Waals surface area contributed by atoms with E-state index in [9.17, 15) is 4.79 Å². The Labute approximate surface area is 155 Å². The van der Waals surface area contributed by atoms with Crippen LogP contribution in [0.25, 0.3) is 6.08 Å². The molecule has 2 aromatic rings. The summed E-state index contributed by atoms with van der Waals surface area (Å²) in [5.74, 6) is 1.91. The summed E-state index contributed by atoms with van der Waals surface area (Å²) in [4.78, 5) is 14.1. The Morgan fingerprint density at radius 2 is 1.96 bits per heavy atom. The van der Waals surface area contributed by atoms with Gasteiger partial charge in [-0.1, -0.05) is 6.07 Å². The number of carbonyl (C=O) groups is 1. The second kappa shape index (κ2) is 8.77. The van der Waals surface area contributed by atoms with Crippen LogP contribution in [-0.4, -0.2) is 31.6 Å². The molecule has 0 aliphatic heterocycles. The lowest BCUT2D eigenvalue weighted by Gasteiger charge is -2.20. The molecule has 1 aromatic carbocycles. The predicted octanol–water partition coefficient (Wildman–Crippen LogP) is 3.96. The Kier molecular flexibility index (Phi) is 6.72. The van der Waals surface area contributed by atoms with Crippen LogP contribution in [0.1, 0.15) is 18.2 Å². The van der Waals surface area contributed by atoms with Gasteiger partial charge in [-0.3, -0.25) is 4.79 Å². The monoisotopic (exact) mass is 441 g/mol. The number of hydrogen-bond acceptors (Lipinski definition) is 4. The third kappa shape index (κ3) is 4.77. The largest absolute Gasteiger partial charge is 0.493 e. The van der Waals surface area contributed by atoms with Gasteiger partial charge in [-0.25, -0.2) is 0 Å². The van der Waals surface area contributed by atoms with Crippen LogP contribution < -0.4 is 9.47 Å². The molecule has 5 nitrogen and oxygen atoms in total. The second-order valence-corrected chi connectivity index (χ2v) is 6.08. The molecule has 0 bridgehead atoms. The number of benzene rings is 1. The van der Waals surface area contributed by atoms with Crippen molar-refractivity contribution in [2.75, 3.05) is 20.8 Å². The first-order valence-electron chi connectivity index (χ1n) is 7.50. The Morgan fingerprint density at radius 3 is 2.54 bits per heavy atom. The molecule has 0 aliphatic rings. The zero-order valence-electron chi connectivity index (χ0n) is 13.9. The average molecular weight is 441 g/mol. The van der Waals surface area contributed by atoms with Gasteiger partial charge in [0.2, 0.25) is 5.91 Å². The summed E-state index contributed by atoms with van der Waals surface area (Å²) >= 11 is 2.09. The van der Waals surface area contributed by atoms with Crippen LogP contribution in [0, 0.1) is 3.77 Å². The summed E-state index contributed by atoms with van der Waals surface area (Å²) in [5.41, 5.74) is 0.976. The molecule has 0 radical (unpaired) electrons. The molecule has 0 spiro atoms. The van der Waals surface area contributed by atoms with E-state index in [4.69, 9.17) is 13.9 Å². The van der Waals surface area contributed by atoms with Gasteiger partial charge in [-0.05, 0) is 65.4 Å². The number of amides is 1. The molecule has 1 aromatic heterocycles. The summed E-state index contributed by atoms with van der Waals surface area (Å²) in [6.07, 6.45) is 3.21. The molecule has 1 amide bonds. The smallest absolute Gasteiger partial charge is 0.246 e. The lowest BCUT2D eigenvalue weighted by molar-refractivity contribution is -0.126. The molecule has 0 saturated carbocycles. The van der Waals surface area contributed by atoms with Crippen molar-refractivity contribution in [3.63, 3.8) is 0 Å². The van der Waals surface area contributed by atoms with Gasteiger partial charge in [0.05, 0.1) is 14.2 Å². The molecule has 0 aliphatic carbocycles. The van der Waals surface area contributed by atoms with Crippen LogP contribution in [0.5, 0.6) is 11.5 Å². The summed E-state index contributed by atoms with van der Waals surface area (Å²) in [6, 6.07) is 9.33. The van der Waals surface area contributed by atoms with E-state index < -0.39 is 0 Å². The highest BCUT2D eigenvalue weighted by atomic mass is 127. The van der Waals surface area contributed by atoms with E-state index in [-0.39, 0.29) is 5.91 Å². The summed E-state index contributed by atoms with van der Waals surface area (Å²) in [5, 5.41) is 0. The number of ether oxygens (including phenoxy) is 2. The summed E-state index contributed by atoms with van der Waals surface area (Å²) in [7, 11) is 3.19. The highest BCUT2D eigenvalue weighted by molar-refractivity contribution is 14.1. The molecule has 0 N–H and O–H groups in total. The van der Waals surface area contributed by atoms with Crippen molar-refractivity contribution < 1.29 is 18.7 Å². The highest BCUT2D eigenvalue weighted by Gasteiger charge is 2.12. The van der Waals surface area contributed by atoms with Gasteiger partial charge >= 0.3 is 0 Å². The molecule has 0 unspecified atom stereocenters. The highest BCUT2D eigenvalue weighted by Crippen LogP contribution is 2.28. The molecule has 1 heterocycles. The molecule has 0 atom stereocenters. The molecule has 2 rings (SSSR count). The normalized spacial score (nSPS) is 10.8. The first-order chi connectivity index (χ1) is 11.6. The third-order valence-corrected chi connectivity index (χ3v) is 4.08. The van der Waals surface area contributed by atoms with Crippen molar-refractivity contribution in [3.8, 4) is 11.5 Å². The van der Waals surface area contributed by atoms with Crippen LogP contribution in [-0.2, 0) is 11.3 Å². The van der Waals surface area contributed by atoms with Gasteiger partial charge in [-0.2, -0.15) is 0 Å². The van der Waals surface area contributed by atoms with Crippen molar-refractivity contribution in [1.29, 1.82) is 0 Å². The maximum atomic E-state index is 12.4. The first-order valence-corrected chi connectivity index (χ1v) is 8.58. The number of hydrogen-bond donors (Lipinski definition) is 0. The Balaban J connectivity index is 2.08. The van der Waals surface area contributed by atoms with E-state index in [0.717, 1.165) is 9.33 Å². The van der Waals surface area contributed by atoms with E-state index in [1.807, 2.05) is 37.3 Å². The van der Waals surface area contributed by atoms with Gasteiger partial charge in [0.15, 0.2) is 15.3 Å². The topological polar surface area (TPSA) is 51.9 Å². The molecule has 0 saturated heterocycles. The van der Waals surface area contributed by atoms with Crippen molar-refractivity contribution >= 4 is 34.6 Å². The lowest BCUT2D eigenvalue weighted by atomic mass is 10.2. The standard InChI is InChI=1S/C18H20INO4/c1-4-20(18(21)10-7-14-6-9-17(19)24-14)12-13-5-8-15(22-2)16(11-13)23-3/h5-11H,4,12H2,1-3H3/b10-7+. The minimum absolute atomic E-state index is 0.0707. The molecule has 0 fully saturated rings. The van der Waals surface area contributed by atoms with Crippen LogP contribution in [0.4, 0.5) is 0 Å². The molecular formula is C18H20INO4. The fourth-order valence-corrected chi connectivity index (χ4v) is 2.66. The minimum atomic E-state index is -0.0707. The van der Waals surface area contributed by atoms with Gasteiger partial charge in [0.25, 0.3) is 0 Å². The van der Waals surface area contributed by atoms with Gasteiger partial charge in [0, 0.05) is 19.2 Å². The minimum Gasteiger partial charge on any atom is -0.493 e. The zero-order chi connectivity index (χ0) is 17.5. The second-order valence-electron chi connectivity index (χ2n) is 5.02. The quantitative estimate of drug-likeness (QED) is 0.482. The summed E-state index contributed by atoms with van der Waals surface area (Å²) < 4.78 is 16.7. The van der Waals surface area contributed by atoms with Gasteiger partial charge in [-0.15, -0.1) is 0 Å². The number of nitrogens with zero attached hydrogens (tertiary/aromatic N) is 1. The number of rotatable bonds is 7. The Bertz CT molecular complexity index is 724. The van der Waals surface area contributed by atoms with Crippen molar-refractivity contribution in [2.45, 2.75) is 13.5 Å². The fraction of sp³-hybridized carbons (Fsp3) is 0.278. The van der Waals surface area contributed by atoms with E-state index in [0.29, 0.717) is 30.3 Å². The maximum Gasteiger partial charge on any atom is 0.246 e. The van der Waals surface area contributed by atoms with E-state index in [2.05, 4.69) is 22.6 Å². The van der Waals surface area contributed by atoms with Crippen LogP contribution >= 0.6 is 22.6 Å². The van der Waals surface area contributed by atoms with E-state index in [1.54, 1.807) is 25.2 Å². The van der Waals surface area contributed by atoms with Gasteiger partial charge < -0.3 is 18.8 Å². The lowest BCUT2D eigenvalue weighted by Crippen LogP contribution is -2.28. The number of methoxy groups -OCH3 is 2. The van der Waals surface area contributed by atoms with E-state index in [1.165, 1.54) is 6.08 Å². The van der Waals surface area contributed by atoms with Crippen LogP contribution in [0.15, 0.2) is 40.8 Å². The molecule has 128 valence electrons. The summed E-state index contributed by atoms with van der Waals surface area (Å²) in [6.45, 7) is 3.05. The Hall–Kier alpha value is -1.96. The van der Waals surface area contributed by atoms with Crippen molar-refractivity contribution in [2.24, 2.45) is 0 Å². The van der Waals surface area contributed by atoms with Crippen LogP contribution in [0.3, 0.4) is 0 Å². The number of furan rings is 1. The maximum absolute atomic E-state index is 12.4. The molecule has 6 heteroatoms. The molecule has 24 heavy (non-hydrogen) atoms. The zero-order valence-corrected chi connectivity index (χ0v) is 16.1. The predicted molar refractivity (Wildman–Crippen MR) is 101 cm³/mol. The third-order valence-electron chi connectivity index (χ3n) is 3.50. The first kappa shape index (κ1) is 18.4. The SMILES string of the molecule is CCN(Cc1ccc(OC)c(OC)c1)C(=O)/C=C/c1ccc(I)o1. The van der Waals surface area contributed by atoms with Gasteiger partial charge in [0.1, 0.15) is 5.76 Å². The average Bonchev–Trinajstić information content (AvgIpc) is 3.02. The number of carbonyl (C=O) groups excluding carboxylic acids is 1. The fourth-order valence-electron chi connectivity index (χ4n) is 2.22. The van der Waals surface area contributed by atoms with Crippen molar-refractivity contribution in [1.82, 2.24) is 4.90 Å². The molecular weight excluding hydrogens is 421 g/mol. The van der Waals surface area contributed by atoms with Crippen LogP contribution in [0.2, 0.25) is 0 Å². The van der Waals surface area contributed by atoms with E-state index >= 15 is 0 Å². The number of halogens is 1.